The third-order valence-corrected chi connectivity index (χ3v) is 6.99. The van der Waals surface area contributed by atoms with Crippen molar-refractivity contribution in [2.45, 2.75) is 39.3 Å². The molecule has 3 aromatic heterocycles. The van der Waals surface area contributed by atoms with E-state index in [-0.39, 0.29) is 5.56 Å². The molecule has 0 bridgehead atoms. The van der Waals surface area contributed by atoms with Crippen LogP contribution in [-0.4, -0.2) is 44.7 Å². The first-order chi connectivity index (χ1) is 14.2. The molecule has 2 aliphatic rings. The molecular formula is C21H26N6OS. The Morgan fingerprint density at radius 3 is 2.93 bits per heavy atom. The quantitative estimate of drug-likeness (QED) is 0.691. The topological polar surface area (TPSA) is 80.9 Å². The highest BCUT2D eigenvalue weighted by molar-refractivity contribution is 7.13. The van der Waals surface area contributed by atoms with Crippen molar-refractivity contribution < 1.29 is 0 Å². The van der Waals surface area contributed by atoms with E-state index in [1.807, 2.05) is 12.3 Å². The van der Waals surface area contributed by atoms with Gasteiger partial charge in [0.2, 0.25) is 5.95 Å². The Kier molecular flexibility index (Phi) is 4.97. The van der Waals surface area contributed by atoms with Crippen LogP contribution in [0, 0.1) is 5.92 Å². The fourth-order valence-electron chi connectivity index (χ4n) is 4.28. The molecule has 2 aliphatic heterocycles. The standard InChI is InChI=1S/C21H26N6OS/c1-14-4-8-27(9-5-14)21-23-17-6-7-26(13-16(17)20(28)24-21)12-15-11-22-25-19(15)18-3-2-10-29-18/h2-3,10-11,14H,4-9,12-13H2,1H3,(H,22,25)(H,23,24,28). The number of thiophene rings is 1. The van der Waals surface area contributed by atoms with Crippen LogP contribution in [0.3, 0.4) is 0 Å². The molecule has 0 spiro atoms. The van der Waals surface area contributed by atoms with Gasteiger partial charge in [-0.3, -0.25) is 19.8 Å². The average Bonchev–Trinajstić information content (AvgIpc) is 3.40. The average molecular weight is 411 g/mol. The summed E-state index contributed by atoms with van der Waals surface area (Å²) in [5.74, 6) is 1.51. The third-order valence-electron chi connectivity index (χ3n) is 6.10. The molecule has 7 nitrogen and oxygen atoms in total. The van der Waals surface area contributed by atoms with Crippen LogP contribution in [0.2, 0.25) is 0 Å². The minimum Gasteiger partial charge on any atom is -0.342 e. The molecule has 5 rings (SSSR count). The van der Waals surface area contributed by atoms with Crippen LogP contribution >= 0.6 is 11.3 Å². The predicted molar refractivity (Wildman–Crippen MR) is 115 cm³/mol. The Bertz CT molecular complexity index is 1030. The van der Waals surface area contributed by atoms with Gasteiger partial charge in [0.15, 0.2) is 0 Å². The van der Waals surface area contributed by atoms with Crippen molar-refractivity contribution in [3.63, 3.8) is 0 Å². The zero-order chi connectivity index (χ0) is 19.8. The van der Waals surface area contributed by atoms with Crippen molar-refractivity contribution in [1.29, 1.82) is 0 Å². The van der Waals surface area contributed by atoms with Crippen LogP contribution in [0.1, 0.15) is 36.6 Å². The summed E-state index contributed by atoms with van der Waals surface area (Å²) < 4.78 is 0. The first-order valence-electron chi connectivity index (χ1n) is 10.3. The van der Waals surface area contributed by atoms with Crippen molar-refractivity contribution >= 4 is 17.3 Å². The van der Waals surface area contributed by atoms with E-state index < -0.39 is 0 Å². The second-order valence-corrected chi connectivity index (χ2v) is 9.14. The van der Waals surface area contributed by atoms with Gasteiger partial charge >= 0.3 is 0 Å². The Morgan fingerprint density at radius 2 is 2.14 bits per heavy atom. The lowest BCUT2D eigenvalue weighted by molar-refractivity contribution is 0.242. The number of hydrogen-bond acceptors (Lipinski definition) is 6. The summed E-state index contributed by atoms with van der Waals surface area (Å²) in [5.41, 5.74) is 4.03. The van der Waals surface area contributed by atoms with E-state index in [9.17, 15) is 4.79 Å². The minimum atomic E-state index is 0.0130. The summed E-state index contributed by atoms with van der Waals surface area (Å²) in [7, 11) is 0. The fourth-order valence-corrected chi connectivity index (χ4v) is 5.03. The molecule has 2 N–H and O–H groups in total. The van der Waals surface area contributed by atoms with Crippen LogP contribution in [-0.2, 0) is 19.5 Å². The maximum atomic E-state index is 12.8. The normalized spacial score (nSPS) is 18.2. The fraction of sp³-hybridized carbons (Fsp3) is 0.476. The Hall–Kier alpha value is -2.45. The largest absolute Gasteiger partial charge is 0.342 e. The molecule has 0 saturated carbocycles. The Balaban J connectivity index is 1.33. The first kappa shape index (κ1) is 18.6. The number of hydrogen-bond donors (Lipinski definition) is 2. The molecule has 0 unspecified atom stereocenters. The van der Waals surface area contributed by atoms with Crippen molar-refractivity contribution in [2.24, 2.45) is 5.92 Å². The number of piperidine rings is 1. The molecule has 0 amide bonds. The summed E-state index contributed by atoms with van der Waals surface area (Å²) in [6, 6.07) is 4.15. The second kappa shape index (κ2) is 7.76. The molecule has 8 heteroatoms. The lowest BCUT2D eigenvalue weighted by Gasteiger charge is -2.32. The summed E-state index contributed by atoms with van der Waals surface area (Å²) in [6.45, 7) is 6.54. The minimum absolute atomic E-state index is 0.0130. The number of fused-ring (bicyclic) bond motifs is 1. The third kappa shape index (κ3) is 3.74. The van der Waals surface area contributed by atoms with Gasteiger partial charge in [0.05, 0.1) is 28.0 Å². The van der Waals surface area contributed by atoms with E-state index in [0.717, 1.165) is 74.3 Å². The molecule has 29 heavy (non-hydrogen) atoms. The Labute approximate surface area is 173 Å². The highest BCUT2D eigenvalue weighted by Gasteiger charge is 2.25. The molecule has 1 saturated heterocycles. The van der Waals surface area contributed by atoms with Gasteiger partial charge in [-0.1, -0.05) is 13.0 Å². The van der Waals surface area contributed by atoms with E-state index in [1.165, 1.54) is 10.4 Å². The summed E-state index contributed by atoms with van der Waals surface area (Å²) in [6.07, 6.45) is 5.02. The summed E-state index contributed by atoms with van der Waals surface area (Å²) in [4.78, 5) is 26.4. The van der Waals surface area contributed by atoms with Gasteiger partial charge in [-0.05, 0) is 30.2 Å². The Morgan fingerprint density at radius 1 is 1.28 bits per heavy atom. The van der Waals surface area contributed by atoms with Crippen LogP contribution < -0.4 is 10.5 Å². The van der Waals surface area contributed by atoms with Gasteiger partial charge in [0, 0.05) is 44.7 Å². The van der Waals surface area contributed by atoms with E-state index in [4.69, 9.17) is 4.98 Å². The molecule has 1 fully saturated rings. The predicted octanol–water partition coefficient (Wildman–Crippen LogP) is 3.02. The van der Waals surface area contributed by atoms with Crippen LogP contribution in [0.15, 0.2) is 28.5 Å². The number of rotatable bonds is 4. The lowest BCUT2D eigenvalue weighted by Crippen LogP contribution is -2.39. The molecule has 0 radical (unpaired) electrons. The monoisotopic (exact) mass is 410 g/mol. The van der Waals surface area contributed by atoms with E-state index in [1.54, 1.807) is 11.3 Å². The van der Waals surface area contributed by atoms with E-state index in [0.29, 0.717) is 6.54 Å². The van der Waals surface area contributed by atoms with Crippen LogP contribution in [0.5, 0.6) is 0 Å². The van der Waals surface area contributed by atoms with Crippen molar-refractivity contribution in [3.05, 3.63) is 50.9 Å². The molecule has 0 aliphatic carbocycles. The van der Waals surface area contributed by atoms with E-state index >= 15 is 0 Å². The number of aromatic amines is 2. The van der Waals surface area contributed by atoms with Crippen molar-refractivity contribution in [1.82, 2.24) is 25.1 Å². The van der Waals surface area contributed by atoms with E-state index in [2.05, 4.69) is 43.4 Å². The van der Waals surface area contributed by atoms with Gasteiger partial charge in [-0.25, -0.2) is 4.98 Å². The second-order valence-electron chi connectivity index (χ2n) is 8.19. The first-order valence-corrected chi connectivity index (χ1v) is 11.2. The van der Waals surface area contributed by atoms with Crippen molar-refractivity contribution in [2.75, 3.05) is 24.5 Å². The number of nitrogens with zero attached hydrogens (tertiary/aromatic N) is 4. The molecular weight excluding hydrogens is 384 g/mol. The van der Waals surface area contributed by atoms with Crippen molar-refractivity contribution in [3.8, 4) is 10.6 Å². The van der Waals surface area contributed by atoms with Gasteiger partial charge in [0.25, 0.3) is 5.56 Å². The van der Waals surface area contributed by atoms with Crippen LogP contribution in [0.4, 0.5) is 5.95 Å². The highest BCUT2D eigenvalue weighted by atomic mass is 32.1. The number of anilines is 1. The maximum absolute atomic E-state index is 12.8. The maximum Gasteiger partial charge on any atom is 0.257 e. The highest BCUT2D eigenvalue weighted by Crippen LogP contribution is 2.28. The molecule has 3 aromatic rings. The molecule has 0 atom stereocenters. The lowest BCUT2D eigenvalue weighted by atomic mass is 9.99. The van der Waals surface area contributed by atoms with Gasteiger partial charge in [-0.2, -0.15) is 5.10 Å². The zero-order valence-electron chi connectivity index (χ0n) is 16.6. The van der Waals surface area contributed by atoms with Crippen LogP contribution in [0.25, 0.3) is 10.6 Å². The summed E-state index contributed by atoms with van der Waals surface area (Å²) in [5, 5.41) is 9.44. The number of nitrogens with one attached hydrogen (secondary N) is 2. The van der Waals surface area contributed by atoms with Gasteiger partial charge in [-0.15, -0.1) is 11.3 Å². The summed E-state index contributed by atoms with van der Waals surface area (Å²) >= 11 is 1.70. The van der Waals surface area contributed by atoms with Gasteiger partial charge in [0.1, 0.15) is 0 Å². The molecule has 5 heterocycles. The molecule has 0 aromatic carbocycles. The SMILES string of the molecule is CC1CCN(c2nc3c(c(=O)[nH]2)CN(Cc2cn[nH]c2-c2cccs2)CC3)CC1. The number of H-pyrrole nitrogens is 2. The smallest absolute Gasteiger partial charge is 0.257 e. The molecule has 152 valence electrons. The zero-order valence-corrected chi connectivity index (χ0v) is 17.5. The number of aromatic nitrogens is 4. The van der Waals surface area contributed by atoms with Gasteiger partial charge < -0.3 is 4.90 Å².